The standard InChI is InChI=1S/C10H17N3O/c1-3-5-11-10-12-6-7-13(10)8-9-14-4-2/h3,6-7H,1,4-5,8-9H2,2H3,(H,11,12). The van der Waals surface area contributed by atoms with Crippen LogP contribution in [0.25, 0.3) is 0 Å². The van der Waals surface area contributed by atoms with Crippen LogP contribution >= 0.6 is 0 Å². The van der Waals surface area contributed by atoms with E-state index in [-0.39, 0.29) is 0 Å². The average molecular weight is 195 g/mol. The Kier molecular flexibility index (Phi) is 4.78. The van der Waals surface area contributed by atoms with Gasteiger partial charge in [0.1, 0.15) is 0 Å². The van der Waals surface area contributed by atoms with E-state index in [0.29, 0.717) is 0 Å². The summed E-state index contributed by atoms with van der Waals surface area (Å²) in [5.74, 6) is 0.865. The minimum absolute atomic E-state index is 0.718. The van der Waals surface area contributed by atoms with E-state index in [1.165, 1.54) is 0 Å². The van der Waals surface area contributed by atoms with E-state index < -0.39 is 0 Å². The first kappa shape index (κ1) is 10.8. The van der Waals surface area contributed by atoms with E-state index >= 15 is 0 Å². The molecule has 0 saturated heterocycles. The second kappa shape index (κ2) is 6.21. The number of anilines is 1. The molecule has 0 radical (unpaired) electrons. The molecular formula is C10H17N3O. The van der Waals surface area contributed by atoms with Gasteiger partial charge in [0.25, 0.3) is 0 Å². The van der Waals surface area contributed by atoms with Crippen LogP contribution in [0, 0.1) is 0 Å². The van der Waals surface area contributed by atoms with Gasteiger partial charge in [-0.25, -0.2) is 4.98 Å². The summed E-state index contributed by atoms with van der Waals surface area (Å²) in [6.45, 7) is 8.66. The zero-order valence-corrected chi connectivity index (χ0v) is 8.57. The predicted molar refractivity (Wildman–Crippen MR) is 57.4 cm³/mol. The molecule has 1 N–H and O–H groups in total. The van der Waals surface area contributed by atoms with Gasteiger partial charge in [-0.2, -0.15) is 0 Å². The third-order valence-electron chi connectivity index (χ3n) is 1.80. The molecule has 1 aromatic heterocycles. The minimum atomic E-state index is 0.718. The number of hydrogen-bond acceptors (Lipinski definition) is 3. The zero-order chi connectivity index (χ0) is 10.2. The van der Waals surface area contributed by atoms with Crippen LogP contribution in [0.2, 0.25) is 0 Å². The maximum atomic E-state index is 5.27. The molecule has 1 aromatic rings. The molecule has 1 heterocycles. The Morgan fingerprint density at radius 2 is 2.57 bits per heavy atom. The quantitative estimate of drug-likeness (QED) is 0.529. The Morgan fingerprint density at radius 1 is 1.71 bits per heavy atom. The normalized spacial score (nSPS) is 10.1. The van der Waals surface area contributed by atoms with Crippen LogP contribution < -0.4 is 5.32 Å². The fraction of sp³-hybridized carbons (Fsp3) is 0.500. The second-order valence-corrected chi connectivity index (χ2v) is 2.81. The third kappa shape index (κ3) is 3.22. The molecular weight excluding hydrogens is 178 g/mol. The molecule has 14 heavy (non-hydrogen) atoms. The van der Waals surface area contributed by atoms with Crippen molar-refractivity contribution in [2.75, 3.05) is 25.1 Å². The van der Waals surface area contributed by atoms with Crippen LogP contribution in [-0.2, 0) is 11.3 Å². The Hall–Kier alpha value is -1.29. The summed E-state index contributed by atoms with van der Waals surface area (Å²) in [5.41, 5.74) is 0. The van der Waals surface area contributed by atoms with E-state index in [1.54, 1.807) is 6.20 Å². The Morgan fingerprint density at radius 3 is 3.29 bits per heavy atom. The monoisotopic (exact) mass is 195 g/mol. The van der Waals surface area contributed by atoms with Crippen LogP contribution in [0.3, 0.4) is 0 Å². The van der Waals surface area contributed by atoms with Crippen molar-refractivity contribution in [2.24, 2.45) is 0 Å². The molecule has 0 atom stereocenters. The van der Waals surface area contributed by atoms with Gasteiger partial charge in [-0.3, -0.25) is 0 Å². The number of imidazole rings is 1. The van der Waals surface area contributed by atoms with Crippen LogP contribution in [0.4, 0.5) is 5.95 Å². The maximum absolute atomic E-state index is 5.27. The van der Waals surface area contributed by atoms with Gasteiger partial charge in [-0.05, 0) is 6.92 Å². The van der Waals surface area contributed by atoms with Crippen molar-refractivity contribution in [3.05, 3.63) is 25.0 Å². The smallest absolute Gasteiger partial charge is 0.203 e. The SMILES string of the molecule is C=CCNc1nccn1CCOCC. The van der Waals surface area contributed by atoms with E-state index in [0.717, 1.165) is 32.3 Å². The van der Waals surface area contributed by atoms with Crippen molar-refractivity contribution in [2.45, 2.75) is 13.5 Å². The molecule has 4 nitrogen and oxygen atoms in total. The van der Waals surface area contributed by atoms with Gasteiger partial charge in [0.2, 0.25) is 5.95 Å². The summed E-state index contributed by atoms with van der Waals surface area (Å²) in [6, 6.07) is 0. The van der Waals surface area contributed by atoms with Crippen molar-refractivity contribution < 1.29 is 4.74 Å². The molecule has 0 aromatic carbocycles. The van der Waals surface area contributed by atoms with E-state index in [9.17, 15) is 0 Å². The lowest BCUT2D eigenvalue weighted by Crippen LogP contribution is -2.10. The molecule has 0 saturated carbocycles. The lowest BCUT2D eigenvalue weighted by molar-refractivity contribution is 0.139. The summed E-state index contributed by atoms with van der Waals surface area (Å²) in [5, 5.41) is 3.15. The Bertz CT molecular complexity index is 270. The maximum Gasteiger partial charge on any atom is 0.203 e. The van der Waals surface area contributed by atoms with Crippen LogP contribution in [-0.4, -0.2) is 29.3 Å². The van der Waals surface area contributed by atoms with Crippen molar-refractivity contribution in [1.82, 2.24) is 9.55 Å². The van der Waals surface area contributed by atoms with Crippen molar-refractivity contribution in [3.8, 4) is 0 Å². The summed E-state index contributed by atoms with van der Waals surface area (Å²) < 4.78 is 7.30. The highest BCUT2D eigenvalue weighted by Gasteiger charge is 1.99. The van der Waals surface area contributed by atoms with Gasteiger partial charge in [-0.1, -0.05) is 6.08 Å². The molecule has 78 valence electrons. The summed E-state index contributed by atoms with van der Waals surface area (Å²) in [4.78, 5) is 4.18. The highest BCUT2D eigenvalue weighted by Crippen LogP contribution is 2.03. The topological polar surface area (TPSA) is 39.1 Å². The minimum Gasteiger partial charge on any atom is -0.380 e. The van der Waals surface area contributed by atoms with E-state index in [4.69, 9.17) is 4.74 Å². The highest BCUT2D eigenvalue weighted by atomic mass is 16.5. The molecule has 1 rings (SSSR count). The number of aromatic nitrogens is 2. The first-order valence-corrected chi connectivity index (χ1v) is 4.82. The lowest BCUT2D eigenvalue weighted by atomic mass is 10.6. The zero-order valence-electron chi connectivity index (χ0n) is 8.57. The van der Waals surface area contributed by atoms with Gasteiger partial charge in [0, 0.05) is 32.1 Å². The predicted octanol–water partition coefficient (Wildman–Crippen LogP) is 1.52. The number of hydrogen-bond donors (Lipinski definition) is 1. The van der Waals surface area contributed by atoms with E-state index in [2.05, 4.69) is 16.9 Å². The van der Waals surface area contributed by atoms with Gasteiger partial charge in [-0.15, -0.1) is 6.58 Å². The van der Waals surface area contributed by atoms with E-state index in [1.807, 2.05) is 23.8 Å². The number of rotatable bonds is 7. The first-order valence-electron chi connectivity index (χ1n) is 4.82. The highest BCUT2D eigenvalue weighted by molar-refractivity contribution is 5.26. The number of ether oxygens (including phenoxy) is 1. The lowest BCUT2D eigenvalue weighted by Gasteiger charge is -2.07. The molecule has 0 spiro atoms. The fourth-order valence-corrected chi connectivity index (χ4v) is 1.13. The number of nitrogens with zero attached hydrogens (tertiary/aromatic N) is 2. The van der Waals surface area contributed by atoms with Gasteiger partial charge >= 0.3 is 0 Å². The van der Waals surface area contributed by atoms with Crippen molar-refractivity contribution >= 4 is 5.95 Å². The Balaban J connectivity index is 2.40. The largest absolute Gasteiger partial charge is 0.380 e. The Labute approximate surface area is 84.6 Å². The average Bonchev–Trinajstić information content (AvgIpc) is 2.63. The third-order valence-corrected chi connectivity index (χ3v) is 1.80. The number of nitrogens with one attached hydrogen (secondary N) is 1. The summed E-state index contributed by atoms with van der Waals surface area (Å²) in [6.07, 6.45) is 5.52. The molecule has 0 aliphatic heterocycles. The summed E-state index contributed by atoms with van der Waals surface area (Å²) >= 11 is 0. The van der Waals surface area contributed by atoms with Crippen molar-refractivity contribution in [1.29, 1.82) is 0 Å². The molecule has 0 unspecified atom stereocenters. The van der Waals surface area contributed by atoms with Crippen LogP contribution in [0.1, 0.15) is 6.92 Å². The molecule has 0 amide bonds. The van der Waals surface area contributed by atoms with Crippen LogP contribution in [0.15, 0.2) is 25.0 Å². The van der Waals surface area contributed by atoms with Gasteiger partial charge in [0.05, 0.1) is 6.61 Å². The fourth-order valence-electron chi connectivity index (χ4n) is 1.13. The molecule has 0 bridgehead atoms. The molecule has 0 aliphatic rings. The molecule has 0 aliphatic carbocycles. The van der Waals surface area contributed by atoms with Gasteiger partial charge < -0.3 is 14.6 Å². The first-order chi connectivity index (χ1) is 6.88. The second-order valence-electron chi connectivity index (χ2n) is 2.81. The molecule has 4 heteroatoms. The van der Waals surface area contributed by atoms with Crippen LogP contribution in [0.5, 0.6) is 0 Å². The van der Waals surface area contributed by atoms with Crippen molar-refractivity contribution in [3.63, 3.8) is 0 Å². The summed E-state index contributed by atoms with van der Waals surface area (Å²) in [7, 11) is 0. The molecule has 0 fully saturated rings. The van der Waals surface area contributed by atoms with Gasteiger partial charge in [0.15, 0.2) is 0 Å².